The molecule has 130 valence electrons. The summed E-state index contributed by atoms with van der Waals surface area (Å²) in [6.07, 6.45) is 3.20. The minimum absolute atomic E-state index is 0.0631. The fraction of sp³-hybridized carbons (Fsp3) is 0.412. The molecule has 0 aliphatic heterocycles. The molecule has 2 rings (SSSR count). The molecule has 24 heavy (non-hydrogen) atoms. The van der Waals surface area contributed by atoms with E-state index in [1.807, 2.05) is 0 Å². The molecule has 1 N–H and O–H groups in total. The van der Waals surface area contributed by atoms with Gasteiger partial charge in [0, 0.05) is 32.0 Å². The summed E-state index contributed by atoms with van der Waals surface area (Å²) in [5.41, 5.74) is 1.24. The highest BCUT2D eigenvalue weighted by Gasteiger charge is 2.16. The van der Waals surface area contributed by atoms with Crippen molar-refractivity contribution in [3.8, 4) is 11.1 Å². The van der Waals surface area contributed by atoms with Gasteiger partial charge in [0.2, 0.25) is 0 Å². The number of aryl methyl sites for hydroxylation is 1. The van der Waals surface area contributed by atoms with Gasteiger partial charge in [-0.1, -0.05) is 19.6 Å². The number of ether oxygens (including phenoxy) is 1. The number of carboxylic acids is 1. The zero-order chi connectivity index (χ0) is 17.9. The van der Waals surface area contributed by atoms with Crippen molar-refractivity contribution in [3.05, 3.63) is 41.5 Å². The van der Waals surface area contributed by atoms with Crippen LogP contribution in [0.3, 0.4) is 0 Å². The second-order valence-electron chi connectivity index (χ2n) is 7.07. The van der Waals surface area contributed by atoms with Gasteiger partial charge in [-0.2, -0.15) is 5.10 Å². The normalized spacial score (nSPS) is 11.7. The molecule has 7 heteroatoms. The van der Waals surface area contributed by atoms with Gasteiger partial charge >= 0.3 is 5.97 Å². The highest BCUT2D eigenvalue weighted by molar-refractivity contribution is 6.76. The molecule has 1 aromatic carbocycles. The van der Waals surface area contributed by atoms with Gasteiger partial charge in [-0.05, 0) is 30.7 Å². The molecular formula is C17H23FN2O3Si. The Bertz CT molecular complexity index is 738. The topological polar surface area (TPSA) is 64.3 Å². The zero-order valence-corrected chi connectivity index (χ0v) is 15.5. The highest BCUT2D eigenvalue weighted by Crippen LogP contribution is 2.26. The second-order valence-corrected chi connectivity index (χ2v) is 12.7. The summed E-state index contributed by atoms with van der Waals surface area (Å²) in [7, 11) is -1.14. The van der Waals surface area contributed by atoms with E-state index in [9.17, 15) is 14.3 Å². The number of benzene rings is 1. The average Bonchev–Trinajstić information content (AvgIpc) is 2.93. The maximum Gasteiger partial charge on any atom is 0.336 e. The van der Waals surface area contributed by atoms with Gasteiger partial charge in [0.15, 0.2) is 0 Å². The van der Waals surface area contributed by atoms with E-state index in [-0.39, 0.29) is 5.56 Å². The smallest absolute Gasteiger partial charge is 0.336 e. The number of nitrogens with zero attached hydrogens (tertiary/aromatic N) is 2. The van der Waals surface area contributed by atoms with E-state index in [2.05, 4.69) is 24.7 Å². The first-order valence-corrected chi connectivity index (χ1v) is 11.5. The third-order valence-electron chi connectivity index (χ3n) is 3.69. The lowest BCUT2D eigenvalue weighted by atomic mass is 10.00. The van der Waals surface area contributed by atoms with E-state index >= 15 is 0 Å². The van der Waals surface area contributed by atoms with Crippen LogP contribution in [0.5, 0.6) is 0 Å². The molecule has 0 amide bonds. The molecule has 0 atom stereocenters. The summed E-state index contributed by atoms with van der Waals surface area (Å²) in [6.45, 7) is 9.35. The van der Waals surface area contributed by atoms with Crippen molar-refractivity contribution in [1.29, 1.82) is 0 Å². The Morgan fingerprint density at radius 1 is 1.38 bits per heavy atom. The van der Waals surface area contributed by atoms with Crippen LogP contribution in [0.2, 0.25) is 25.7 Å². The number of aromatic carboxylic acids is 1. The Hall–Kier alpha value is -1.99. The Balaban J connectivity index is 2.13. The number of hydrogen-bond acceptors (Lipinski definition) is 3. The fourth-order valence-electron chi connectivity index (χ4n) is 2.21. The van der Waals surface area contributed by atoms with Crippen LogP contribution in [0, 0.1) is 12.7 Å². The Morgan fingerprint density at radius 3 is 2.71 bits per heavy atom. The molecule has 0 saturated carbocycles. The molecule has 5 nitrogen and oxygen atoms in total. The Morgan fingerprint density at radius 2 is 2.08 bits per heavy atom. The first kappa shape index (κ1) is 18.3. The maximum absolute atomic E-state index is 13.8. The van der Waals surface area contributed by atoms with Crippen molar-refractivity contribution in [2.75, 3.05) is 6.61 Å². The summed E-state index contributed by atoms with van der Waals surface area (Å²) in [4.78, 5) is 11.4. The SMILES string of the molecule is Cc1cc(C(=O)O)c(-c2cnn(COCC[Si](C)(C)C)c2)cc1F. The lowest BCUT2D eigenvalue weighted by molar-refractivity contribution is 0.0697. The summed E-state index contributed by atoms with van der Waals surface area (Å²) < 4.78 is 21.0. The van der Waals surface area contributed by atoms with Gasteiger partial charge in [0.05, 0.1) is 11.8 Å². The van der Waals surface area contributed by atoms with Crippen molar-refractivity contribution >= 4 is 14.0 Å². The van der Waals surface area contributed by atoms with Crippen LogP contribution in [0.15, 0.2) is 24.5 Å². The standard InChI is InChI=1S/C17H23FN2O3Si/c1-12-7-15(17(21)22)14(8-16(12)18)13-9-19-20(10-13)11-23-5-6-24(2,3)4/h7-10H,5-6,11H2,1-4H3,(H,21,22). The number of rotatable bonds is 7. The number of carbonyl (C=O) groups is 1. The fourth-order valence-corrected chi connectivity index (χ4v) is 2.96. The number of aromatic nitrogens is 2. The van der Waals surface area contributed by atoms with E-state index in [1.165, 1.54) is 18.3 Å². The summed E-state index contributed by atoms with van der Waals surface area (Å²) in [5.74, 6) is -1.53. The molecule has 2 aromatic rings. The van der Waals surface area contributed by atoms with E-state index in [4.69, 9.17) is 4.74 Å². The minimum Gasteiger partial charge on any atom is -0.478 e. The van der Waals surface area contributed by atoms with Crippen LogP contribution in [0.1, 0.15) is 15.9 Å². The Kier molecular flexibility index (Phi) is 5.56. The monoisotopic (exact) mass is 350 g/mol. The van der Waals surface area contributed by atoms with Crippen molar-refractivity contribution < 1.29 is 19.0 Å². The first-order chi connectivity index (χ1) is 11.2. The number of hydrogen-bond donors (Lipinski definition) is 1. The van der Waals surface area contributed by atoms with Gasteiger partial charge in [-0.15, -0.1) is 0 Å². The lowest BCUT2D eigenvalue weighted by Crippen LogP contribution is -2.22. The van der Waals surface area contributed by atoms with Crippen molar-refractivity contribution in [1.82, 2.24) is 9.78 Å². The first-order valence-electron chi connectivity index (χ1n) is 7.81. The highest BCUT2D eigenvalue weighted by atomic mass is 28.3. The van der Waals surface area contributed by atoms with Gasteiger partial charge in [0.1, 0.15) is 12.5 Å². The molecule has 0 fully saturated rings. The van der Waals surface area contributed by atoms with Crippen molar-refractivity contribution in [2.45, 2.75) is 39.3 Å². The third-order valence-corrected chi connectivity index (χ3v) is 5.40. The van der Waals surface area contributed by atoms with Crippen LogP contribution in [0.4, 0.5) is 4.39 Å². The van der Waals surface area contributed by atoms with Crippen LogP contribution >= 0.6 is 0 Å². The van der Waals surface area contributed by atoms with Gasteiger partial charge in [-0.3, -0.25) is 0 Å². The molecule has 0 bridgehead atoms. The molecule has 0 aliphatic carbocycles. The zero-order valence-electron chi connectivity index (χ0n) is 14.5. The van der Waals surface area contributed by atoms with Crippen LogP contribution in [-0.4, -0.2) is 35.5 Å². The number of halogens is 1. The maximum atomic E-state index is 13.8. The van der Waals surface area contributed by atoms with Crippen molar-refractivity contribution in [2.24, 2.45) is 0 Å². The van der Waals surface area contributed by atoms with Crippen molar-refractivity contribution in [3.63, 3.8) is 0 Å². The molecule has 0 unspecified atom stereocenters. The Labute approximate surface area is 142 Å². The van der Waals surface area contributed by atoms with Crippen LogP contribution in [0.25, 0.3) is 11.1 Å². The van der Waals surface area contributed by atoms with Crippen LogP contribution < -0.4 is 0 Å². The largest absolute Gasteiger partial charge is 0.478 e. The summed E-state index contributed by atoms with van der Waals surface area (Å²) in [5, 5.41) is 13.5. The predicted molar refractivity (Wildman–Crippen MR) is 93.4 cm³/mol. The molecule has 0 aliphatic rings. The quantitative estimate of drug-likeness (QED) is 0.605. The molecule has 0 spiro atoms. The summed E-state index contributed by atoms with van der Waals surface area (Å²) >= 11 is 0. The minimum atomic E-state index is -1.14. The number of carboxylic acid groups (broad SMARTS) is 1. The molecule has 1 heterocycles. The van der Waals surface area contributed by atoms with E-state index in [0.29, 0.717) is 30.0 Å². The van der Waals surface area contributed by atoms with E-state index in [1.54, 1.807) is 17.8 Å². The third kappa shape index (κ3) is 4.75. The predicted octanol–water partition coefficient (Wildman–Crippen LogP) is 4.01. The molecule has 0 saturated heterocycles. The molecule has 0 radical (unpaired) electrons. The second kappa shape index (κ2) is 7.27. The van der Waals surface area contributed by atoms with E-state index < -0.39 is 19.9 Å². The molecular weight excluding hydrogens is 327 g/mol. The van der Waals surface area contributed by atoms with Crippen LogP contribution in [-0.2, 0) is 11.5 Å². The lowest BCUT2D eigenvalue weighted by Gasteiger charge is -2.15. The molecule has 1 aromatic heterocycles. The van der Waals surface area contributed by atoms with Gasteiger partial charge in [0.25, 0.3) is 0 Å². The summed E-state index contributed by atoms with van der Waals surface area (Å²) in [6, 6.07) is 3.65. The van der Waals surface area contributed by atoms with E-state index in [0.717, 1.165) is 6.04 Å². The average molecular weight is 350 g/mol. The van der Waals surface area contributed by atoms with Gasteiger partial charge in [-0.25, -0.2) is 13.9 Å². The van der Waals surface area contributed by atoms with Gasteiger partial charge < -0.3 is 9.84 Å².